The number of nitriles is 1. The normalized spacial score (nSPS) is 11.8. The Morgan fingerprint density at radius 3 is 2.41 bits per heavy atom. The first-order chi connectivity index (χ1) is 15.1. The van der Waals surface area contributed by atoms with E-state index in [9.17, 15) is 23.2 Å². The molecule has 3 aromatic rings. The molecule has 0 aliphatic heterocycles. The van der Waals surface area contributed by atoms with Crippen LogP contribution in [0.1, 0.15) is 35.0 Å². The maximum absolute atomic E-state index is 12.9. The molecular formula is C25H22F3N3O. The third kappa shape index (κ3) is 4.92. The van der Waals surface area contributed by atoms with Gasteiger partial charge in [0.05, 0.1) is 5.56 Å². The van der Waals surface area contributed by atoms with Gasteiger partial charge in [-0.2, -0.15) is 18.4 Å². The minimum absolute atomic E-state index is 0.0348. The Morgan fingerprint density at radius 1 is 1.12 bits per heavy atom. The summed E-state index contributed by atoms with van der Waals surface area (Å²) in [6.07, 6.45) is -2.14. The maximum Gasteiger partial charge on any atom is 0.416 e. The Labute approximate surface area is 184 Å². The van der Waals surface area contributed by atoms with Crippen LogP contribution in [0.25, 0.3) is 11.8 Å². The van der Waals surface area contributed by atoms with Crippen LogP contribution in [0.2, 0.25) is 0 Å². The molecule has 1 heterocycles. The Hall–Kier alpha value is -3.79. The van der Waals surface area contributed by atoms with Gasteiger partial charge in [0.25, 0.3) is 5.91 Å². The minimum Gasteiger partial charge on any atom is -0.321 e. The smallest absolute Gasteiger partial charge is 0.321 e. The lowest BCUT2D eigenvalue weighted by atomic mass is 10.1. The molecule has 0 radical (unpaired) electrons. The van der Waals surface area contributed by atoms with E-state index in [-0.39, 0.29) is 11.3 Å². The van der Waals surface area contributed by atoms with Crippen LogP contribution >= 0.6 is 0 Å². The number of benzene rings is 2. The Balaban J connectivity index is 1.89. The number of amides is 1. The standard InChI is InChI=1S/C25H22F3N3O/c1-4-18-8-10-23(11-9-18)31-16(2)12-19(17(31)3)13-20(15-29)24(32)30-22-7-5-6-21(14-22)25(26,27)28/h5-14H,4H2,1-3H3,(H,30,32)/b20-13-. The number of anilines is 1. The molecule has 1 amide bonds. The maximum atomic E-state index is 12.9. The molecule has 32 heavy (non-hydrogen) atoms. The SMILES string of the molecule is CCc1ccc(-n2c(C)cc(/C=C(/C#N)C(=O)Nc3cccc(C(F)(F)F)c3)c2C)cc1. The molecule has 4 nitrogen and oxygen atoms in total. The summed E-state index contributed by atoms with van der Waals surface area (Å²) >= 11 is 0. The van der Waals surface area contributed by atoms with E-state index in [1.54, 1.807) is 0 Å². The van der Waals surface area contributed by atoms with E-state index >= 15 is 0 Å². The predicted molar refractivity (Wildman–Crippen MR) is 118 cm³/mol. The highest BCUT2D eigenvalue weighted by atomic mass is 19.4. The highest BCUT2D eigenvalue weighted by Crippen LogP contribution is 2.31. The van der Waals surface area contributed by atoms with E-state index in [0.29, 0.717) is 5.56 Å². The van der Waals surface area contributed by atoms with Crippen LogP contribution in [-0.4, -0.2) is 10.5 Å². The zero-order valence-electron chi connectivity index (χ0n) is 17.9. The molecule has 1 aromatic heterocycles. The van der Waals surface area contributed by atoms with Crippen LogP contribution < -0.4 is 5.32 Å². The fourth-order valence-electron chi connectivity index (χ4n) is 3.49. The predicted octanol–water partition coefficient (Wildman–Crippen LogP) is 6.22. The summed E-state index contributed by atoms with van der Waals surface area (Å²) in [5, 5.41) is 11.9. The van der Waals surface area contributed by atoms with Gasteiger partial charge in [-0.15, -0.1) is 0 Å². The van der Waals surface area contributed by atoms with Gasteiger partial charge < -0.3 is 9.88 Å². The number of hydrogen-bond donors (Lipinski definition) is 1. The second-order valence-electron chi connectivity index (χ2n) is 7.38. The zero-order chi connectivity index (χ0) is 23.5. The van der Waals surface area contributed by atoms with Gasteiger partial charge in [0.1, 0.15) is 11.6 Å². The molecule has 0 bridgehead atoms. The first-order valence-corrected chi connectivity index (χ1v) is 10.0. The van der Waals surface area contributed by atoms with Gasteiger partial charge in [-0.25, -0.2) is 0 Å². The summed E-state index contributed by atoms with van der Waals surface area (Å²) < 4.78 is 40.7. The molecule has 1 N–H and O–H groups in total. The molecule has 2 aromatic carbocycles. The minimum atomic E-state index is -4.53. The summed E-state index contributed by atoms with van der Waals surface area (Å²) in [5.41, 5.74) is 3.50. The second kappa shape index (κ2) is 9.15. The summed E-state index contributed by atoms with van der Waals surface area (Å²) in [6, 6.07) is 16.1. The number of rotatable bonds is 5. The van der Waals surface area contributed by atoms with Crippen LogP contribution in [0, 0.1) is 25.2 Å². The molecule has 0 aliphatic rings. The van der Waals surface area contributed by atoms with Crippen LogP contribution in [0.3, 0.4) is 0 Å². The van der Waals surface area contributed by atoms with Crippen LogP contribution in [0.4, 0.5) is 18.9 Å². The molecule has 7 heteroatoms. The number of aromatic nitrogens is 1. The Kier molecular flexibility index (Phi) is 6.54. The van der Waals surface area contributed by atoms with E-state index < -0.39 is 17.6 Å². The van der Waals surface area contributed by atoms with E-state index in [0.717, 1.165) is 35.6 Å². The largest absolute Gasteiger partial charge is 0.416 e. The molecular weight excluding hydrogens is 415 g/mol. The van der Waals surface area contributed by atoms with Crippen molar-refractivity contribution in [2.75, 3.05) is 5.32 Å². The van der Waals surface area contributed by atoms with Gasteiger partial charge in [-0.3, -0.25) is 4.79 Å². The number of carbonyl (C=O) groups excluding carboxylic acids is 1. The fraction of sp³-hybridized carbons (Fsp3) is 0.200. The molecule has 0 spiro atoms. The Morgan fingerprint density at radius 2 is 1.81 bits per heavy atom. The molecule has 0 aliphatic carbocycles. The summed E-state index contributed by atoms with van der Waals surface area (Å²) in [5.74, 6) is -0.774. The molecule has 0 unspecified atom stereocenters. The lowest BCUT2D eigenvalue weighted by molar-refractivity contribution is -0.137. The van der Waals surface area contributed by atoms with Gasteiger partial charge in [-0.1, -0.05) is 25.1 Å². The van der Waals surface area contributed by atoms with Crippen molar-refractivity contribution >= 4 is 17.7 Å². The quantitative estimate of drug-likeness (QED) is 0.380. The average Bonchev–Trinajstić information content (AvgIpc) is 3.04. The van der Waals surface area contributed by atoms with Crippen molar-refractivity contribution in [1.82, 2.24) is 4.57 Å². The van der Waals surface area contributed by atoms with Crippen LogP contribution in [0.15, 0.2) is 60.2 Å². The molecule has 164 valence electrons. The van der Waals surface area contributed by atoms with Crippen molar-refractivity contribution in [2.45, 2.75) is 33.4 Å². The summed E-state index contributed by atoms with van der Waals surface area (Å²) in [6.45, 7) is 5.89. The van der Waals surface area contributed by atoms with E-state index in [1.807, 2.05) is 54.8 Å². The van der Waals surface area contributed by atoms with Crippen molar-refractivity contribution < 1.29 is 18.0 Å². The number of aryl methyl sites for hydroxylation is 2. The van der Waals surface area contributed by atoms with Crippen molar-refractivity contribution in [3.8, 4) is 11.8 Å². The number of nitrogens with zero attached hydrogens (tertiary/aromatic N) is 2. The van der Waals surface area contributed by atoms with Gasteiger partial charge in [-0.05, 0) is 73.9 Å². The molecule has 0 fully saturated rings. The van der Waals surface area contributed by atoms with Crippen molar-refractivity contribution in [3.63, 3.8) is 0 Å². The summed E-state index contributed by atoms with van der Waals surface area (Å²) in [4.78, 5) is 12.6. The van der Waals surface area contributed by atoms with E-state index in [1.165, 1.54) is 23.8 Å². The molecule has 0 saturated heterocycles. The van der Waals surface area contributed by atoms with Crippen molar-refractivity contribution in [3.05, 3.63) is 88.2 Å². The molecule has 0 saturated carbocycles. The first kappa shape index (κ1) is 22.9. The number of nitrogens with one attached hydrogen (secondary N) is 1. The van der Waals surface area contributed by atoms with Crippen molar-refractivity contribution in [1.29, 1.82) is 5.26 Å². The van der Waals surface area contributed by atoms with Crippen molar-refractivity contribution in [2.24, 2.45) is 0 Å². The zero-order valence-corrected chi connectivity index (χ0v) is 17.9. The molecule has 0 atom stereocenters. The third-order valence-electron chi connectivity index (χ3n) is 5.19. The Bertz CT molecular complexity index is 1210. The van der Waals surface area contributed by atoms with Gasteiger partial charge in [0.2, 0.25) is 0 Å². The fourth-order valence-corrected chi connectivity index (χ4v) is 3.49. The highest BCUT2D eigenvalue weighted by Gasteiger charge is 2.30. The van der Waals surface area contributed by atoms with Crippen LogP contribution in [-0.2, 0) is 17.4 Å². The lowest BCUT2D eigenvalue weighted by Gasteiger charge is -2.11. The number of carbonyl (C=O) groups is 1. The van der Waals surface area contributed by atoms with Gasteiger partial charge >= 0.3 is 6.18 Å². The first-order valence-electron chi connectivity index (χ1n) is 10.0. The van der Waals surface area contributed by atoms with E-state index in [4.69, 9.17) is 0 Å². The summed E-state index contributed by atoms with van der Waals surface area (Å²) in [7, 11) is 0. The number of alkyl halides is 3. The van der Waals surface area contributed by atoms with E-state index in [2.05, 4.69) is 12.2 Å². The highest BCUT2D eigenvalue weighted by molar-refractivity contribution is 6.09. The second-order valence-corrected chi connectivity index (χ2v) is 7.38. The average molecular weight is 437 g/mol. The molecule has 3 rings (SSSR count). The number of halogens is 3. The monoisotopic (exact) mass is 437 g/mol. The third-order valence-corrected chi connectivity index (χ3v) is 5.19. The van der Waals surface area contributed by atoms with Gasteiger partial charge in [0.15, 0.2) is 0 Å². The van der Waals surface area contributed by atoms with Gasteiger partial charge in [0, 0.05) is 22.8 Å². The topological polar surface area (TPSA) is 57.8 Å². The number of hydrogen-bond acceptors (Lipinski definition) is 2. The lowest BCUT2D eigenvalue weighted by Crippen LogP contribution is -2.14. The van der Waals surface area contributed by atoms with Crippen LogP contribution in [0.5, 0.6) is 0 Å².